The van der Waals surface area contributed by atoms with Crippen LogP contribution in [-0.4, -0.2) is 47.9 Å². The Labute approximate surface area is 219 Å². The van der Waals surface area contributed by atoms with Gasteiger partial charge >= 0.3 is 12.1 Å². The van der Waals surface area contributed by atoms with Crippen LogP contribution in [0.25, 0.3) is 10.9 Å². The first-order valence-corrected chi connectivity index (χ1v) is 12.9. The largest absolute Gasteiger partial charge is 0.496 e. The summed E-state index contributed by atoms with van der Waals surface area (Å²) in [6, 6.07) is 11.9. The molecule has 0 N–H and O–H groups in total. The smallest absolute Gasteiger partial charge is 0.419 e. The number of aryl methyl sites for hydroxylation is 1. The van der Waals surface area contributed by atoms with Crippen molar-refractivity contribution in [2.45, 2.75) is 65.6 Å². The molecule has 0 radical (unpaired) electrons. The first-order chi connectivity index (χ1) is 17.5. The molecule has 1 fully saturated rings. The zero-order chi connectivity index (χ0) is 26.9. The third-order valence-corrected chi connectivity index (χ3v) is 7.09. The molecule has 2 atom stereocenters. The molecule has 3 aromatic rings. The second-order valence-electron chi connectivity index (χ2n) is 11.0. The van der Waals surface area contributed by atoms with E-state index < -0.39 is 11.7 Å². The number of methoxy groups -OCH3 is 2. The van der Waals surface area contributed by atoms with Crippen LogP contribution in [0.5, 0.6) is 5.75 Å². The Kier molecular flexibility index (Phi) is 7.64. The average Bonchev–Trinajstić information content (AvgIpc) is 3.31. The van der Waals surface area contributed by atoms with Gasteiger partial charge in [-0.3, -0.25) is 9.47 Å². The van der Waals surface area contributed by atoms with Crippen molar-refractivity contribution in [3.8, 4) is 5.75 Å². The molecule has 1 aliphatic rings. The minimum atomic E-state index is -0.585. The molecule has 1 aliphatic heterocycles. The standard InChI is InChI=1S/C30H38N2O5/c1-19-12-14-31(25(16-19)21-8-10-22(11-9-21)28(33)36-7)18-24-23-13-15-32(29(34)37-30(3,4)5)27(23)20(2)17-26(24)35-6/h8-11,13,15,17,19,25H,12,14,16,18H2,1-7H3. The first kappa shape index (κ1) is 26.7. The van der Waals surface area contributed by atoms with Gasteiger partial charge in [-0.15, -0.1) is 0 Å². The lowest BCUT2D eigenvalue weighted by molar-refractivity contribution is 0.0542. The maximum Gasteiger partial charge on any atom is 0.419 e. The summed E-state index contributed by atoms with van der Waals surface area (Å²) >= 11 is 0. The van der Waals surface area contributed by atoms with Crippen LogP contribution in [0.1, 0.15) is 73.6 Å². The SMILES string of the molecule is COC(=O)c1ccc(C2CC(C)CCN2Cc2c(OC)cc(C)c3c2ccn3C(=O)OC(C)(C)C)cc1. The second kappa shape index (κ2) is 10.6. The Hall–Kier alpha value is -3.32. The number of carbonyl (C=O) groups is 2. The lowest BCUT2D eigenvalue weighted by Gasteiger charge is -2.39. The number of rotatable bonds is 5. The summed E-state index contributed by atoms with van der Waals surface area (Å²) in [5.41, 5.74) is 3.98. The number of nitrogens with zero attached hydrogens (tertiary/aromatic N) is 2. The van der Waals surface area contributed by atoms with Crippen LogP contribution in [0.4, 0.5) is 4.79 Å². The molecule has 4 rings (SSSR count). The highest BCUT2D eigenvalue weighted by atomic mass is 16.6. The molecule has 0 spiro atoms. The Morgan fingerprint density at radius 1 is 1.08 bits per heavy atom. The minimum Gasteiger partial charge on any atom is -0.496 e. The van der Waals surface area contributed by atoms with Crippen LogP contribution >= 0.6 is 0 Å². The third kappa shape index (κ3) is 5.67. The number of esters is 1. The van der Waals surface area contributed by atoms with Crippen LogP contribution in [0.15, 0.2) is 42.6 Å². The van der Waals surface area contributed by atoms with Crippen molar-refractivity contribution >= 4 is 23.0 Å². The van der Waals surface area contributed by atoms with Crippen LogP contribution in [-0.2, 0) is 16.0 Å². The quantitative estimate of drug-likeness (QED) is 0.368. The van der Waals surface area contributed by atoms with E-state index in [2.05, 4.69) is 11.8 Å². The molecule has 0 aliphatic carbocycles. The van der Waals surface area contributed by atoms with E-state index in [0.29, 0.717) is 18.0 Å². The van der Waals surface area contributed by atoms with E-state index in [0.717, 1.165) is 47.2 Å². The molecule has 7 heteroatoms. The van der Waals surface area contributed by atoms with E-state index in [1.54, 1.807) is 17.9 Å². The van der Waals surface area contributed by atoms with Gasteiger partial charge in [0, 0.05) is 29.7 Å². The van der Waals surface area contributed by atoms with Gasteiger partial charge in [-0.25, -0.2) is 9.59 Å². The number of likely N-dealkylation sites (tertiary alicyclic amines) is 1. The van der Waals surface area contributed by atoms with Gasteiger partial charge in [0.05, 0.1) is 25.3 Å². The fourth-order valence-electron chi connectivity index (χ4n) is 5.26. The van der Waals surface area contributed by atoms with Crippen molar-refractivity contribution in [1.82, 2.24) is 9.47 Å². The number of hydrogen-bond donors (Lipinski definition) is 0. The van der Waals surface area contributed by atoms with Crippen molar-refractivity contribution in [3.63, 3.8) is 0 Å². The van der Waals surface area contributed by atoms with Crippen LogP contribution in [0.3, 0.4) is 0 Å². The molecular formula is C30H38N2O5. The highest BCUT2D eigenvalue weighted by Crippen LogP contribution is 2.39. The Morgan fingerprint density at radius 3 is 2.41 bits per heavy atom. The summed E-state index contributed by atoms with van der Waals surface area (Å²) in [7, 11) is 3.09. The van der Waals surface area contributed by atoms with Crippen molar-refractivity contribution < 1.29 is 23.8 Å². The first-order valence-electron chi connectivity index (χ1n) is 12.9. The molecule has 0 bridgehead atoms. The van der Waals surface area contributed by atoms with Gasteiger partial charge in [0.2, 0.25) is 0 Å². The number of ether oxygens (including phenoxy) is 3. The van der Waals surface area contributed by atoms with E-state index in [9.17, 15) is 9.59 Å². The summed E-state index contributed by atoms with van der Waals surface area (Å²) in [5, 5.41) is 0.987. The number of hydrogen-bond acceptors (Lipinski definition) is 6. The van der Waals surface area contributed by atoms with Crippen LogP contribution in [0, 0.1) is 12.8 Å². The Bertz CT molecular complexity index is 1290. The Morgan fingerprint density at radius 2 is 1.78 bits per heavy atom. The van der Waals surface area contributed by atoms with Crippen molar-refractivity contribution in [3.05, 3.63) is 64.8 Å². The molecule has 0 amide bonds. The van der Waals surface area contributed by atoms with Gasteiger partial charge in [0.25, 0.3) is 0 Å². The molecule has 1 aromatic heterocycles. The van der Waals surface area contributed by atoms with Gasteiger partial charge in [-0.05, 0) is 88.4 Å². The fourth-order valence-corrected chi connectivity index (χ4v) is 5.26. The summed E-state index contributed by atoms with van der Waals surface area (Å²) < 4.78 is 18.0. The molecule has 2 unspecified atom stereocenters. The van der Waals surface area contributed by atoms with E-state index in [1.165, 1.54) is 12.7 Å². The van der Waals surface area contributed by atoms with E-state index in [1.807, 2.05) is 64.1 Å². The molecule has 198 valence electrons. The topological polar surface area (TPSA) is 70.0 Å². The maximum atomic E-state index is 13.0. The highest BCUT2D eigenvalue weighted by Gasteiger charge is 2.30. The number of piperidine rings is 1. The second-order valence-corrected chi connectivity index (χ2v) is 11.0. The number of benzene rings is 2. The monoisotopic (exact) mass is 506 g/mol. The lowest BCUT2D eigenvalue weighted by Crippen LogP contribution is -2.36. The van der Waals surface area contributed by atoms with Crippen LogP contribution < -0.4 is 4.74 Å². The van der Waals surface area contributed by atoms with Crippen LogP contribution in [0.2, 0.25) is 0 Å². The number of aromatic nitrogens is 1. The predicted octanol–water partition coefficient (Wildman–Crippen LogP) is 6.50. The van der Waals surface area contributed by atoms with E-state index in [-0.39, 0.29) is 12.0 Å². The zero-order valence-electron chi connectivity index (χ0n) is 23.0. The molecule has 37 heavy (non-hydrogen) atoms. The van der Waals surface area contributed by atoms with Gasteiger partial charge in [0.15, 0.2) is 0 Å². The summed E-state index contributed by atoms with van der Waals surface area (Å²) in [4.78, 5) is 27.4. The number of carbonyl (C=O) groups excluding carboxylic acids is 2. The van der Waals surface area contributed by atoms with E-state index in [4.69, 9.17) is 14.2 Å². The highest BCUT2D eigenvalue weighted by molar-refractivity contribution is 5.95. The van der Waals surface area contributed by atoms with E-state index >= 15 is 0 Å². The van der Waals surface area contributed by atoms with Crippen molar-refractivity contribution in [1.29, 1.82) is 0 Å². The molecule has 7 nitrogen and oxygen atoms in total. The zero-order valence-corrected chi connectivity index (χ0v) is 23.0. The predicted molar refractivity (Wildman–Crippen MR) is 144 cm³/mol. The molecule has 1 saturated heterocycles. The van der Waals surface area contributed by atoms with Gasteiger partial charge in [-0.1, -0.05) is 19.1 Å². The maximum absolute atomic E-state index is 13.0. The number of fused-ring (bicyclic) bond motifs is 1. The summed E-state index contributed by atoms with van der Waals surface area (Å²) in [5.74, 6) is 1.07. The lowest BCUT2D eigenvalue weighted by atomic mass is 9.87. The molecule has 2 heterocycles. The average molecular weight is 507 g/mol. The van der Waals surface area contributed by atoms with Gasteiger partial charge in [0.1, 0.15) is 11.4 Å². The normalized spacial score (nSPS) is 18.6. The van der Waals surface area contributed by atoms with Gasteiger partial charge < -0.3 is 14.2 Å². The summed E-state index contributed by atoms with van der Waals surface area (Å²) in [6.45, 7) is 11.5. The minimum absolute atomic E-state index is 0.199. The van der Waals surface area contributed by atoms with Crippen molar-refractivity contribution in [2.24, 2.45) is 5.92 Å². The summed E-state index contributed by atoms with van der Waals surface area (Å²) in [6.07, 6.45) is 3.52. The molecule has 2 aromatic carbocycles. The third-order valence-electron chi connectivity index (χ3n) is 7.09. The van der Waals surface area contributed by atoms with Crippen molar-refractivity contribution in [2.75, 3.05) is 20.8 Å². The Balaban J connectivity index is 1.72. The molecule has 0 saturated carbocycles. The van der Waals surface area contributed by atoms with Gasteiger partial charge in [-0.2, -0.15) is 0 Å². The molecular weight excluding hydrogens is 468 g/mol. The fraction of sp³-hybridized carbons (Fsp3) is 0.467.